The summed E-state index contributed by atoms with van der Waals surface area (Å²) in [6.45, 7) is 8.63. The molecule has 1 aliphatic carbocycles. The van der Waals surface area contributed by atoms with E-state index in [1.807, 2.05) is 0 Å². The third kappa shape index (κ3) is 2.29. The van der Waals surface area contributed by atoms with Crippen LogP contribution in [0, 0.1) is 33.1 Å². The number of methoxy groups -OCH3 is 1. The third-order valence-electron chi connectivity index (χ3n) is 4.97. The molecule has 0 spiro atoms. The van der Waals surface area contributed by atoms with Gasteiger partial charge >= 0.3 is 5.97 Å². The summed E-state index contributed by atoms with van der Waals surface area (Å²) in [5, 5.41) is 0. The van der Waals surface area contributed by atoms with E-state index in [0.29, 0.717) is 0 Å². The molecule has 2 heteroatoms. The highest BCUT2D eigenvalue weighted by atomic mass is 16.5. The fourth-order valence-corrected chi connectivity index (χ4v) is 3.18. The number of carbonyl (C=O) groups excluding carboxylic acids is 1. The van der Waals surface area contributed by atoms with Gasteiger partial charge in [0.15, 0.2) is 0 Å². The lowest BCUT2D eigenvalue weighted by molar-refractivity contribution is -0.158. The molecular formula is C17H24O2. The fraction of sp³-hybridized carbons (Fsp3) is 0.588. The molecule has 0 radical (unpaired) electrons. The van der Waals surface area contributed by atoms with Crippen LogP contribution >= 0.6 is 0 Å². The van der Waals surface area contributed by atoms with Crippen LogP contribution in [-0.2, 0) is 16.0 Å². The van der Waals surface area contributed by atoms with Gasteiger partial charge in [0.1, 0.15) is 0 Å². The summed E-state index contributed by atoms with van der Waals surface area (Å²) in [5.74, 6) is -0.0308. The highest BCUT2D eigenvalue weighted by Crippen LogP contribution is 2.46. The van der Waals surface area contributed by atoms with Crippen LogP contribution in [0.3, 0.4) is 0 Å². The van der Waals surface area contributed by atoms with Gasteiger partial charge in [0, 0.05) is 0 Å². The average Bonchev–Trinajstić information content (AvgIpc) is 2.34. The zero-order valence-corrected chi connectivity index (χ0v) is 12.7. The maximum atomic E-state index is 12.1. The van der Waals surface area contributed by atoms with E-state index in [1.165, 1.54) is 34.9 Å². The van der Waals surface area contributed by atoms with Crippen molar-refractivity contribution in [3.05, 3.63) is 33.9 Å². The van der Waals surface area contributed by atoms with E-state index in [9.17, 15) is 4.79 Å². The monoisotopic (exact) mass is 260 g/mol. The van der Waals surface area contributed by atoms with E-state index in [-0.39, 0.29) is 11.4 Å². The van der Waals surface area contributed by atoms with Gasteiger partial charge in [-0.25, -0.2) is 0 Å². The number of rotatable bonds is 3. The van der Waals surface area contributed by atoms with Crippen LogP contribution < -0.4 is 0 Å². The van der Waals surface area contributed by atoms with Gasteiger partial charge in [0.25, 0.3) is 0 Å². The molecule has 0 atom stereocenters. The molecule has 1 saturated carbocycles. The smallest absolute Gasteiger partial charge is 0.312 e. The SMILES string of the molecule is COC(=O)C1(Cc2c(C)c(C)cc(C)c2C)CCC1. The third-order valence-corrected chi connectivity index (χ3v) is 4.97. The van der Waals surface area contributed by atoms with Gasteiger partial charge in [-0.3, -0.25) is 4.79 Å². The van der Waals surface area contributed by atoms with Crippen molar-refractivity contribution in [2.24, 2.45) is 5.41 Å². The lowest BCUT2D eigenvalue weighted by Crippen LogP contribution is -2.41. The van der Waals surface area contributed by atoms with Crippen LogP contribution in [0.4, 0.5) is 0 Å². The zero-order chi connectivity index (χ0) is 14.2. The van der Waals surface area contributed by atoms with E-state index < -0.39 is 0 Å². The maximum absolute atomic E-state index is 12.1. The van der Waals surface area contributed by atoms with Crippen molar-refractivity contribution in [1.82, 2.24) is 0 Å². The van der Waals surface area contributed by atoms with E-state index in [2.05, 4.69) is 33.8 Å². The molecule has 0 amide bonds. The number of ether oxygens (including phenoxy) is 1. The normalized spacial score (nSPS) is 16.9. The molecule has 0 aliphatic heterocycles. The Morgan fingerprint density at radius 2 is 1.68 bits per heavy atom. The molecule has 0 aromatic heterocycles. The minimum Gasteiger partial charge on any atom is -0.469 e. The molecule has 0 heterocycles. The second-order valence-corrected chi connectivity index (χ2v) is 6.04. The van der Waals surface area contributed by atoms with E-state index in [4.69, 9.17) is 4.74 Å². The van der Waals surface area contributed by atoms with Crippen molar-refractivity contribution < 1.29 is 9.53 Å². The zero-order valence-electron chi connectivity index (χ0n) is 12.7. The Bertz CT molecular complexity index is 484. The second kappa shape index (κ2) is 4.99. The van der Waals surface area contributed by atoms with Crippen molar-refractivity contribution >= 4 is 5.97 Å². The molecule has 2 rings (SSSR count). The van der Waals surface area contributed by atoms with Crippen molar-refractivity contribution in [3.63, 3.8) is 0 Å². The Kier molecular flexibility index (Phi) is 3.71. The van der Waals surface area contributed by atoms with Gasteiger partial charge in [-0.1, -0.05) is 12.5 Å². The minimum atomic E-state index is -0.259. The van der Waals surface area contributed by atoms with Crippen LogP contribution in [0.1, 0.15) is 47.1 Å². The first kappa shape index (κ1) is 14.1. The summed E-state index contributed by atoms with van der Waals surface area (Å²) in [5.41, 5.74) is 6.39. The standard InChI is InChI=1S/C17H24O2/c1-11-9-12(2)14(4)15(13(11)3)10-17(7-6-8-17)16(18)19-5/h9H,6-8,10H2,1-5H3. The van der Waals surface area contributed by atoms with Crippen LogP contribution in [0.25, 0.3) is 0 Å². The molecule has 0 N–H and O–H groups in total. The summed E-state index contributed by atoms with van der Waals surface area (Å²) in [6.07, 6.45) is 3.90. The first-order valence-electron chi connectivity index (χ1n) is 7.06. The second-order valence-electron chi connectivity index (χ2n) is 6.04. The summed E-state index contributed by atoms with van der Waals surface area (Å²) in [7, 11) is 1.50. The van der Waals surface area contributed by atoms with Crippen molar-refractivity contribution in [3.8, 4) is 0 Å². The molecular weight excluding hydrogens is 236 g/mol. The van der Waals surface area contributed by atoms with Gasteiger partial charge in [-0.2, -0.15) is 0 Å². The molecule has 1 aromatic carbocycles. The van der Waals surface area contributed by atoms with E-state index in [1.54, 1.807) is 0 Å². The first-order chi connectivity index (χ1) is 8.91. The van der Waals surface area contributed by atoms with Gasteiger partial charge in [0.2, 0.25) is 0 Å². The number of esters is 1. The molecule has 19 heavy (non-hydrogen) atoms. The number of hydrogen-bond donors (Lipinski definition) is 0. The lowest BCUT2D eigenvalue weighted by Gasteiger charge is -2.40. The Morgan fingerprint density at radius 3 is 2.05 bits per heavy atom. The molecule has 2 nitrogen and oxygen atoms in total. The summed E-state index contributed by atoms with van der Waals surface area (Å²) in [6, 6.07) is 2.24. The summed E-state index contributed by atoms with van der Waals surface area (Å²) in [4.78, 5) is 12.1. The van der Waals surface area contributed by atoms with Gasteiger partial charge in [-0.05, 0) is 74.8 Å². The fourth-order valence-electron chi connectivity index (χ4n) is 3.18. The highest BCUT2D eigenvalue weighted by molar-refractivity contribution is 5.78. The Hall–Kier alpha value is -1.31. The van der Waals surface area contributed by atoms with Crippen LogP contribution in [0.5, 0.6) is 0 Å². The van der Waals surface area contributed by atoms with Gasteiger partial charge in [-0.15, -0.1) is 0 Å². The number of aryl methyl sites for hydroxylation is 2. The van der Waals surface area contributed by atoms with Crippen molar-refractivity contribution in [2.45, 2.75) is 53.4 Å². The van der Waals surface area contributed by atoms with Crippen LogP contribution in [0.15, 0.2) is 6.07 Å². The minimum absolute atomic E-state index is 0.0308. The van der Waals surface area contributed by atoms with Crippen molar-refractivity contribution in [2.75, 3.05) is 7.11 Å². The predicted octanol–water partition coefficient (Wildman–Crippen LogP) is 3.81. The molecule has 1 aromatic rings. The van der Waals surface area contributed by atoms with Crippen LogP contribution in [-0.4, -0.2) is 13.1 Å². The Morgan fingerprint density at radius 1 is 1.16 bits per heavy atom. The molecule has 1 fully saturated rings. The topological polar surface area (TPSA) is 26.3 Å². The quantitative estimate of drug-likeness (QED) is 0.773. The van der Waals surface area contributed by atoms with E-state index in [0.717, 1.165) is 25.7 Å². The average molecular weight is 260 g/mol. The summed E-state index contributed by atoms with van der Waals surface area (Å²) < 4.78 is 5.03. The maximum Gasteiger partial charge on any atom is 0.312 e. The first-order valence-corrected chi connectivity index (χ1v) is 7.06. The molecule has 0 bridgehead atoms. The predicted molar refractivity (Wildman–Crippen MR) is 77.4 cm³/mol. The number of carbonyl (C=O) groups is 1. The van der Waals surface area contributed by atoms with Gasteiger partial charge < -0.3 is 4.74 Å². The summed E-state index contributed by atoms with van der Waals surface area (Å²) >= 11 is 0. The molecule has 0 saturated heterocycles. The molecule has 1 aliphatic rings. The van der Waals surface area contributed by atoms with Crippen molar-refractivity contribution in [1.29, 1.82) is 0 Å². The lowest BCUT2D eigenvalue weighted by atomic mass is 9.64. The van der Waals surface area contributed by atoms with Gasteiger partial charge in [0.05, 0.1) is 12.5 Å². The van der Waals surface area contributed by atoms with Crippen LogP contribution in [0.2, 0.25) is 0 Å². The Labute approximate surface area is 116 Å². The molecule has 0 unspecified atom stereocenters. The largest absolute Gasteiger partial charge is 0.469 e. The van der Waals surface area contributed by atoms with E-state index >= 15 is 0 Å². The number of hydrogen-bond acceptors (Lipinski definition) is 2. The highest BCUT2D eigenvalue weighted by Gasteiger charge is 2.45. The molecule has 104 valence electrons. The Balaban J connectivity index is 2.41. The number of benzene rings is 1.